The molecule has 5 rings (SSSR count). The Balaban J connectivity index is 1.42. The molecule has 2 saturated carbocycles. The number of nitrogens with one attached hydrogen (secondary N) is 1. The van der Waals surface area contributed by atoms with Crippen LogP contribution in [0, 0.1) is 28.6 Å². The number of hydrogen-bond donors (Lipinski definition) is 1. The second-order valence-corrected chi connectivity index (χ2v) is 11.2. The summed E-state index contributed by atoms with van der Waals surface area (Å²) in [7, 11) is 0. The summed E-state index contributed by atoms with van der Waals surface area (Å²) in [5.74, 6) is 1.43. The average Bonchev–Trinajstić information content (AvgIpc) is 3.40. The summed E-state index contributed by atoms with van der Waals surface area (Å²) in [4.78, 5) is 26.7. The smallest absolute Gasteiger partial charge is 0.227 e. The molecule has 168 valence electrons. The predicted molar refractivity (Wildman–Crippen MR) is 121 cm³/mol. The van der Waals surface area contributed by atoms with Crippen molar-refractivity contribution >= 4 is 17.5 Å². The zero-order chi connectivity index (χ0) is 22.0. The highest BCUT2D eigenvalue weighted by molar-refractivity contribution is 5.95. The molecule has 1 spiro atoms. The number of carbonyl (C=O) groups excluding carboxylic acids is 2. The number of hydrogen-bond acceptors (Lipinski definition) is 3. The minimum atomic E-state index is 0.00116. The highest BCUT2D eigenvalue weighted by Crippen LogP contribution is 2.70. The normalized spacial score (nSPS) is 36.2. The summed E-state index contributed by atoms with van der Waals surface area (Å²) < 4.78 is 6.39. The Bertz CT molecular complexity index is 877. The molecule has 0 aromatic heterocycles. The quantitative estimate of drug-likeness (QED) is 0.776. The lowest BCUT2D eigenvalue weighted by molar-refractivity contribution is -0.139. The molecule has 4 fully saturated rings. The molecular weight excluding hydrogens is 388 g/mol. The van der Waals surface area contributed by atoms with Gasteiger partial charge in [-0.1, -0.05) is 39.8 Å². The van der Waals surface area contributed by atoms with Gasteiger partial charge >= 0.3 is 0 Å². The molecule has 2 bridgehead atoms. The minimum absolute atomic E-state index is 0.00116. The van der Waals surface area contributed by atoms with Crippen LogP contribution in [-0.2, 0) is 14.3 Å². The van der Waals surface area contributed by atoms with E-state index >= 15 is 0 Å². The number of fused-ring (bicyclic) bond motifs is 1. The molecule has 2 saturated heterocycles. The van der Waals surface area contributed by atoms with Crippen LogP contribution in [0.3, 0.4) is 0 Å². The van der Waals surface area contributed by atoms with Gasteiger partial charge in [-0.25, -0.2) is 0 Å². The van der Waals surface area contributed by atoms with Crippen molar-refractivity contribution in [2.45, 2.75) is 71.9 Å². The number of anilines is 1. The monoisotopic (exact) mass is 424 g/mol. The van der Waals surface area contributed by atoms with Crippen molar-refractivity contribution < 1.29 is 14.3 Å². The van der Waals surface area contributed by atoms with Crippen LogP contribution in [0.25, 0.3) is 0 Å². The molecule has 2 aliphatic carbocycles. The first-order valence-corrected chi connectivity index (χ1v) is 12.1. The zero-order valence-corrected chi connectivity index (χ0v) is 19.3. The van der Waals surface area contributed by atoms with Gasteiger partial charge in [0.2, 0.25) is 11.8 Å². The Morgan fingerprint density at radius 3 is 2.61 bits per heavy atom. The number of rotatable bonds is 4. The van der Waals surface area contributed by atoms with Crippen molar-refractivity contribution in [1.29, 1.82) is 0 Å². The third-order valence-electron chi connectivity index (χ3n) is 8.92. The van der Waals surface area contributed by atoms with Gasteiger partial charge in [0.25, 0.3) is 0 Å². The Labute approximate surface area is 185 Å². The second kappa shape index (κ2) is 7.33. The van der Waals surface area contributed by atoms with E-state index in [-0.39, 0.29) is 40.7 Å². The maximum absolute atomic E-state index is 12.7. The van der Waals surface area contributed by atoms with E-state index in [1.54, 1.807) is 0 Å². The lowest BCUT2D eigenvalue weighted by Crippen LogP contribution is -2.59. The zero-order valence-electron chi connectivity index (χ0n) is 19.3. The summed E-state index contributed by atoms with van der Waals surface area (Å²) in [6.45, 7) is 10.2. The van der Waals surface area contributed by atoms with Crippen LogP contribution in [0.1, 0.15) is 71.5 Å². The topological polar surface area (TPSA) is 58.6 Å². The van der Waals surface area contributed by atoms with Gasteiger partial charge < -0.3 is 15.0 Å². The number of benzene rings is 1. The number of carbonyl (C=O) groups is 2. The van der Waals surface area contributed by atoms with Crippen molar-refractivity contribution in [2.24, 2.45) is 28.6 Å². The number of ether oxygens (including phenoxy) is 1. The van der Waals surface area contributed by atoms with Crippen molar-refractivity contribution in [2.75, 3.05) is 18.1 Å². The van der Waals surface area contributed by atoms with E-state index in [0.717, 1.165) is 38.1 Å². The van der Waals surface area contributed by atoms with Crippen molar-refractivity contribution in [3.8, 4) is 0 Å². The summed E-state index contributed by atoms with van der Waals surface area (Å²) in [6.07, 6.45) is 5.04. The molecule has 1 aromatic carbocycles. The second-order valence-electron chi connectivity index (χ2n) is 11.2. The van der Waals surface area contributed by atoms with Crippen molar-refractivity contribution in [1.82, 2.24) is 5.32 Å². The van der Waals surface area contributed by atoms with Gasteiger partial charge in [-0.15, -0.1) is 0 Å². The van der Waals surface area contributed by atoms with E-state index in [4.69, 9.17) is 4.74 Å². The molecule has 4 aliphatic rings. The maximum atomic E-state index is 12.7. The minimum Gasteiger partial charge on any atom is -0.373 e. The highest BCUT2D eigenvalue weighted by Gasteiger charge is 2.68. The van der Waals surface area contributed by atoms with Crippen LogP contribution in [0.5, 0.6) is 0 Å². The van der Waals surface area contributed by atoms with Crippen molar-refractivity contribution in [3.63, 3.8) is 0 Å². The third kappa shape index (κ3) is 3.14. The Kier molecular flexibility index (Phi) is 4.96. The predicted octanol–water partition coefficient (Wildman–Crippen LogP) is 4.47. The maximum Gasteiger partial charge on any atom is 0.227 e. The summed E-state index contributed by atoms with van der Waals surface area (Å²) in [6, 6.07) is 8.68. The van der Waals surface area contributed by atoms with Crippen LogP contribution < -0.4 is 10.2 Å². The molecule has 1 unspecified atom stereocenters. The Morgan fingerprint density at radius 1 is 1.23 bits per heavy atom. The van der Waals surface area contributed by atoms with E-state index in [1.165, 1.54) is 12.0 Å². The summed E-state index contributed by atoms with van der Waals surface area (Å²) in [5, 5.41) is 3.47. The lowest BCUT2D eigenvalue weighted by Gasteiger charge is -2.53. The van der Waals surface area contributed by atoms with Crippen molar-refractivity contribution in [3.05, 3.63) is 29.8 Å². The number of amides is 2. The van der Waals surface area contributed by atoms with Gasteiger partial charge in [-0.05, 0) is 66.0 Å². The molecule has 2 heterocycles. The van der Waals surface area contributed by atoms with Gasteiger partial charge in [0.05, 0.1) is 6.10 Å². The van der Waals surface area contributed by atoms with E-state index in [2.05, 4.69) is 43.4 Å². The standard InChI is InChI=1S/C26H36N2O3/c1-16(2)23(30)27-24-25(3,4)18-14-20-22(31-13-11-26(20,24)15-18)17-7-9-19(10-8-17)28-12-5-6-21(28)29/h7-10,16,18,20,22,24H,5-6,11-15H2,1-4H3,(H,27,30)/t18-,20-,22-,24+,26?/m1/s1. The molecule has 0 radical (unpaired) electrons. The van der Waals surface area contributed by atoms with Crippen LogP contribution >= 0.6 is 0 Å². The molecule has 1 N–H and O–H groups in total. The van der Waals surface area contributed by atoms with E-state index < -0.39 is 0 Å². The first kappa shape index (κ1) is 21.0. The first-order valence-electron chi connectivity index (χ1n) is 12.1. The van der Waals surface area contributed by atoms with Gasteiger partial charge in [0.15, 0.2) is 0 Å². The first-order chi connectivity index (χ1) is 14.7. The largest absolute Gasteiger partial charge is 0.373 e. The van der Waals surface area contributed by atoms with E-state index in [9.17, 15) is 9.59 Å². The summed E-state index contributed by atoms with van der Waals surface area (Å²) in [5.41, 5.74) is 2.43. The highest BCUT2D eigenvalue weighted by atomic mass is 16.5. The van der Waals surface area contributed by atoms with Gasteiger partial charge in [-0.3, -0.25) is 9.59 Å². The fraction of sp³-hybridized carbons (Fsp3) is 0.692. The van der Waals surface area contributed by atoms with E-state index in [0.29, 0.717) is 18.3 Å². The SMILES string of the molecule is CC(C)C(=O)N[C@H]1C(C)(C)[C@@H]2C[C@@H]3[C@@H](c4ccc(N5CCCC5=O)cc4)OCCC31C2. The fourth-order valence-electron chi connectivity index (χ4n) is 7.19. The molecule has 5 heteroatoms. The average molecular weight is 425 g/mol. The van der Waals surface area contributed by atoms with E-state index in [1.807, 2.05) is 18.7 Å². The van der Waals surface area contributed by atoms with Crippen LogP contribution in [0.15, 0.2) is 24.3 Å². The lowest BCUT2D eigenvalue weighted by atomic mass is 9.58. The van der Waals surface area contributed by atoms with Crippen LogP contribution in [0.4, 0.5) is 5.69 Å². The van der Waals surface area contributed by atoms with Gasteiger partial charge in [0.1, 0.15) is 0 Å². The van der Waals surface area contributed by atoms with Crippen LogP contribution in [0.2, 0.25) is 0 Å². The molecule has 31 heavy (non-hydrogen) atoms. The molecule has 2 amide bonds. The Morgan fingerprint density at radius 2 is 1.97 bits per heavy atom. The Hall–Kier alpha value is -1.88. The third-order valence-corrected chi connectivity index (χ3v) is 8.92. The molecule has 2 aliphatic heterocycles. The van der Waals surface area contributed by atoms with Gasteiger partial charge in [0, 0.05) is 37.2 Å². The summed E-state index contributed by atoms with van der Waals surface area (Å²) >= 11 is 0. The fourth-order valence-corrected chi connectivity index (χ4v) is 7.19. The molecule has 5 atom stereocenters. The number of nitrogens with zero attached hydrogens (tertiary/aromatic N) is 1. The van der Waals surface area contributed by atoms with Crippen LogP contribution in [-0.4, -0.2) is 31.0 Å². The van der Waals surface area contributed by atoms with Gasteiger partial charge in [-0.2, -0.15) is 0 Å². The molecular formula is C26H36N2O3. The molecule has 5 nitrogen and oxygen atoms in total. The molecule has 1 aromatic rings.